The van der Waals surface area contributed by atoms with E-state index in [1.165, 1.54) is 11.3 Å². The number of hydrogen-bond donors (Lipinski definition) is 2. The lowest BCUT2D eigenvalue weighted by Crippen LogP contribution is -1.80. The number of nitriles is 1. The number of hydrogen-bond acceptors (Lipinski definition) is 4. The molecule has 2 aromatic rings. The second kappa shape index (κ2) is 3.29. The molecule has 4 heteroatoms. The lowest BCUT2D eigenvalue weighted by molar-refractivity contribution is 0.283. The first-order valence-corrected chi connectivity index (χ1v) is 4.84. The van der Waals surface area contributed by atoms with Gasteiger partial charge in [0.1, 0.15) is 10.9 Å². The van der Waals surface area contributed by atoms with E-state index in [-0.39, 0.29) is 12.4 Å². The number of fused-ring (bicyclic) bond motifs is 1. The summed E-state index contributed by atoms with van der Waals surface area (Å²) in [6.45, 7) is -0.0812. The second-order valence-corrected chi connectivity index (χ2v) is 3.86. The van der Waals surface area contributed by atoms with Crippen LogP contribution in [0.5, 0.6) is 5.75 Å². The molecule has 0 aliphatic rings. The van der Waals surface area contributed by atoms with E-state index in [1.807, 2.05) is 6.07 Å². The molecular formula is C10H7NO2S. The van der Waals surface area contributed by atoms with Crippen molar-refractivity contribution >= 4 is 21.4 Å². The fourth-order valence-corrected chi connectivity index (χ4v) is 2.36. The summed E-state index contributed by atoms with van der Waals surface area (Å²) in [4.78, 5) is 0.293. The van der Waals surface area contributed by atoms with E-state index < -0.39 is 0 Å². The molecule has 0 spiro atoms. The van der Waals surface area contributed by atoms with Gasteiger partial charge < -0.3 is 10.2 Å². The van der Waals surface area contributed by atoms with Crippen molar-refractivity contribution in [3.8, 4) is 11.8 Å². The van der Waals surface area contributed by atoms with Crippen LogP contribution in [0.3, 0.4) is 0 Å². The van der Waals surface area contributed by atoms with E-state index in [2.05, 4.69) is 0 Å². The van der Waals surface area contributed by atoms with Crippen LogP contribution in [0.1, 0.15) is 10.4 Å². The molecule has 1 aromatic carbocycles. The van der Waals surface area contributed by atoms with Gasteiger partial charge >= 0.3 is 0 Å². The maximum Gasteiger partial charge on any atom is 0.152 e. The highest BCUT2D eigenvalue weighted by Crippen LogP contribution is 2.37. The van der Waals surface area contributed by atoms with E-state index in [1.54, 1.807) is 18.2 Å². The SMILES string of the molecule is N#Cc1sc2c(CO)cccc2c1O. The zero-order valence-corrected chi connectivity index (χ0v) is 8.01. The van der Waals surface area contributed by atoms with E-state index in [9.17, 15) is 5.11 Å². The summed E-state index contributed by atoms with van der Waals surface area (Å²) in [6.07, 6.45) is 0. The van der Waals surface area contributed by atoms with Crippen molar-refractivity contribution < 1.29 is 10.2 Å². The lowest BCUT2D eigenvalue weighted by Gasteiger charge is -1.96. The van der Waals surface area contributed by atoms with Gasteiger partial charge in [0.25, 0.3) is 0 Å². The van der Waals surface area contributed by atoms with Crippen LogP contribution in [0.25, 0.3) is 10.1 Å². The van der Waals surface area contributed by atoms with Gasteiger partial charge in [-0.1, -0.05) is 12.1 Å². The largest absolute Gasteiger partial charge is 0.505 e. The summed E-state index contributed by atoms with van der Waals surface area (Å²) in [5.41, 5.74) is 0.740. The number of aliphatic hydroxyl groups is 1. The molecule has 0 saturated carbocycles. The molecule has 0 atom stereocenters. The highest BCUT2D eigenvalue weighted by molar-refractivity contribution is 7.20. The molecule has 0 aliphatic carbocycles. The molecule has 14 heavy (non-hydrogen) atoms. The summed E-state index contributed by atoms with van der Waals surface area (Å²) in [6, 6.07) is 7.19. The average molecular weight is 205 g/mol. The number of thiophene rings is 1. The van der Waals surface area contributed by atoms with Crippen molar-refractivity contribution in [1.82, 2.24) is 0 Å². The average Bonchev–Trinajstić information content (AvgIpc) is 2.55. The number of rotatable bonds is 1. The van der Waals surface area contributed by atoms with Crippen molar-refractivity contribution in [1.29, 1.82) is 5.26 Å². The van der Waals surface area contributed by atoms with Crippen molar-refractivity contribution in [2.75, 3.05) is 0 Å². The fraction of sp³-hybridized carbons (Fsp3) is 0.100. The maximum atomic E-state index is 9.62. The summed E-state index contributed by atoms with van der Waals surface area (Å²) >= 11 is 1.20. The van der Waals surface area contributed by atoms with Crippen LogP contribution in [0, 0.1) is 11.3 Å². The Balaban J connectivity index is 2.85. The van der Waals surface area contributed by atoms with Gasteiger partial charge in [0.15, 0.2) is 5.75 Å². The molecule has 0 unspecified atom stereocenters. The molecule has 0 amide bonds. The van der Waals surface area contributed by atoms with Gasteiger partial charge in [-0.15, -0.1) is 11.3 Å². The number of nitrogens with zero attached hydrogens (tertiary/aromatic N) is 1. The van der Waals surface area contributed by atoms with E-state index in [0.717, 1.165) is 10.3 Å². The van der Waals surface area contributed by atoms with Crippen molar-refractivity contribution in [3.63, 3.8) is 0 Å². The Morgan fingerprint density at radius 2 is 2.21 bits per heavy atom. The van der Waals surface area contributed by atoms with Crippen LogP contribution < -0.4 is 0 Å². The zero-order valence-electron chi connectivity index (χ0n) is 7.19. The first-order valence-electron chi connectivity index (χ1n) is 4.02. The van der Waals surface area contributed by atoms with E-state index in [4.69, 9.17) is 10.4 Å². The molecule has 1 heterocycles. The Bertz CT molecular complexity index is 525. The fourth-order valence-electron chi connectivity index (χ4n) is 1.36. The Morgan fingerprint density at radius 1 is 1.43 bits per heavy atom. The molecule has 2 rings (SSSR count). The van der Waals surface area contributed by atoms with Crippen molar-refractivity contribution in [2.45, 2.75) is 6.61 Å². The molecule has 0 saturated heterocycles. The molecule has 0 aliphatic heterocycles. The Labute approximate surface area is 84.5 Å². The summed E-state index contributed by atoms with van der Waals surface area (Å²) in [5, 5.41) is 28.0. The predicted octanol–water partition coefficient (Wildman–Crippen LogP) is 1.97. The normalized spacial score (nSPS) is 10.3. The minimum atomic E-state index is -0.0812. The highest BCUT2D eigenvalue weighted by Gasteiger charge is 2.12. The van der Waals surface area contributed by atoms with Crippen LogP contribution in [0.15, 0.2) is 18.2 Å². The molecule has 70 valence electrons. The van der Waals surface area contributed by atoms with Crippen LogP contribution in [0.4, 0.5) is 0 Å². The minimum Gasteiger partial charge on any atom is -0.505 e. The third kappa shape index (κ3) is 1.15. The Kier molecular flexibility index (Phi) is 2.12. The standard InChI is InChI=1S/C10H7NO2S/c11-4-8-9(13)7-3-1-2-6(5-12)10(7)14-8/h1-3,12-13H,5H2. The predicted molar refractivity (Wildman–Crippen MR) is 54.1 cm³/mol. The first kappa shape index (κ1) is 9.00. The topological polar surface area (TPSA) is 64.2 Å². The van der Waals surface area contributed by atoms with Crippen LogP contribution >= 0.6 is 11.3 Å². The van der Waals surface area contributed by atoms with Gasteiger partial charge in [0.2, 0.25) is 0 Å². The number of benzene rings is 1. The first-order chi connectivity index (χ1) is 6.77. The maximum absolute atomic E-state index is 9.62. The minimum absolute atomic E-state index is 0.0165. The number of aromatic hydroxyl groups is 1. The molecule has 0 fully saturated rings. The molecular weight excluding hydrogens is 198 g/mol. The smallest absolute Gasteiger partial charge is 0.152 e. The van der Waals surface area contributed by atoms with Crippen LogP contribution in [-0.4, -0.2) is 10.2 Å². The number of aliphatic hydroxyl groups excluding tert-OH is 1. The molecule has 0 radical (unpaired) electrons. The third-order valence-corrected chi connectivity index (χ3v) is 3.22. The van der Waals surface area contributed by atoms with Gasteiger partial charge in [-0.2, -0.15) is 5.26 Å². The van der Waals surface area contributed by atoms with Crippen LogP contribution in [-0.2, 0) is 6.61 Å². The van der Waals surface area contributed by atoms with E-state index >= 15 is 0 Å². The highest BCUT2D eigenvalue weighted by atomic mass is 32.1. The van der Waals surface area contributed by atoms with Crippen molar-refractivity contribution in [3.05, 3.63) is 28.6 Å². The third-order valence-electron chi connectivity index (χ3n) is 2.04. The quantitative estimate of drug-likeness (QED) is 0.748. The van der Waals surface area contributed by atoms with Gasteiger partial charge in [0.05, 0.1) is 6.61 Å². The summed E-state index contributed by atoms with van der Waals surface area (Å²) in [7, 11) is 0. The van der Waals surface area contributed by atoms with E-state index in [0.29, 0.717) is 10.3 Å². The van der Waals surface area contributed by atoms with Gasteiger partial charge in [-0.05, 0) is 11.6 Å². The Hall–Kier alpha value is -1.57. The molecule has 2 N–H and O–H groups in total. The van der Waals surface area contributed by atoms with Gasteiger partial charge in [0, 0.05) is 10.1 Å². The van der Waals surface area contributed by atoms with Gasteiger partial charge in [-0.3, -0.25) is 0 Å². The lowest BCUT2D eigenvalue weighted by atomic mass is 10.1. The molecule has 0 bridgehead atoms. The van der Waals surface area contributed by atoms with Crippen LogP contribution in [0.2, 0.25) is 0 Å². The second-order valence-electron chi connectivity index (χ2n) is 2.84. The zero-order chi connectivity index (χ0) is 10.1. The monoisotopic (exact) mass is 205 g/mol. The van der Waals surface area contributed by atoms with Crippen molar-refractivity contribution in [2.24, 2.45) is 0 Å². The molecule has 3 nitrogen and oxygen atoms in total. The van der Waals surface area contributed by atoms with Gasteiger partial charge in [-0.25, -0.2) is 0 Å². The molecule has 1 aromatic heterocycles. The summed E-state index contributed by atoms with van der Waals surface area (Å²) in [5.74, 6) is 0.0165. The summed E-state index contributed by atoms with van der Waals surface area (Å²) < 4.78 is 0.782. The Morgan fingerprint density at radius 3 is 2.86 bits per heavy atom.